The number of fused-ring (bicyclic) bond motifs is 1. The predicted molar refractivity (Wildman–Crippen MR) is 118 cm³/mol. The molecule has 0 saturated heterocycles. The van der Waals surface area contributed by atoms with E-state index in [-0.39, 0.29) is 11.1 Å². The number of hydrogen-bond donors (Lipinski definition) is 0. The first-order valence-electron chi connectivity index (χ1n) is 9.58. The van der Waals surface area contributed by atoms with Crippen LogP contribution < -0.4 is 10.2 Å². The summed E-state index contributed by atoms with van der Waals surface area (Å²) in [6.07, 6.45) is 3.88. The minimum atomic E-state index is -0.476. The number of rotatable bonds is 8. The van der Waals surface area contributed by atoms with Crippen molar-refractivity contribution in [3.05, 3.63) is 78.5 Å². The van der Waals surface area contributed by atoms with Gasteiger partial charge in [0.05, 0.1) is 27.4 Å². The van der Waals surface area contributed by atoms with E-state index in [0.717, 1.165) is 42.7 Å². The Labute approximate surface area is 177 Å². The van der Waals surface area contributed by atoms with Gasteiger partial charge in [-0.25, -0.2) is 0 Å². The molecule has 0 aliphatic rings. The van der Waals surface area contributed by atoms with Crippen molar-refractivity contribution in [3.8, 4) is 5.75 Å². The van der Waals surface area contributed by atoms with Crippen LogP contribution in [0.4, 0.5) is 5.69 Å². The summed E-state index contributed by atoms with van der Waals surface area (Å²) in [6, 6.07) is 12.3. The highest BCUT2D eigenvalue weighted by Crippen LogP contribution is 2.26. The van der Waals surface area contributed by atoms with Crippen LogP contribution in [0.3, 0.4) is 0 Å². The second-order valence-electron chi connectivity index (χ2n) is 6.94. The van der Waals surface area contributed by atoms with Gasteiger partial charge in [0.1, 0.15) is 5.75 Å². The summed E-state index contributed by atoms with van der Waals surface area (Å²) in [7, 11) is 1.63. The molecule has 152 valence electrons. The first-order chi connectivity index (χ1) is 14.0. The molecule has 0 radical (unpaired) electrons. The minimum absolute atomic E-state index is 0.0868. The Hall–Kier alpha value is -2.67. The largest absolute Gasteiger partial charge is 0.497 e. The molecule has 0 atom stereocenters. The number of nitrogens with zero attached hydrogens (tertiary/aromatic N) is 2. The number of non-ortho nitro benzene ring substituents is 1. The molecule has 0 bridgehead atoms. The second-order valence-corrected chi connectivity index (χ2v) is 7.73. The highest BCUT2D eigenvalue weighted by atomic mass is 79.9. The van der Waals surface area contributed by atoms with Crippen LogP contribution in [0.2, 0.25) is 0 Å². The molecule has 0 fully saturated rings. The lowest BCUT2D eigenvalue weighted by atomic mass is 10.1. The molecule has 0 amide bonds. The van der Waals surface area contributed by atoms with Crippen LogP contribution in [0.25, 0.3) is 10.9 Å². The topological polar surface area (TPSA) is 74.4 Å². The highest BCUT2D eigenvalue weighted by Gasteiger charge is 2.18. The summed E-state index contributed by atoms with van der Waals surface area (Å²) in [4.78, 5) is 23.7. The predicted octanol–water partition coefficient (Wildman–Crippen LogP) is 5.46. The molecule has 0 N–H and O–H groups in total. The summed E-state index contributed by atoms with van der Waals surface area (Å²) >= 11 is 3.48. The van der Waals surface area contributed by atoms with Crippen molar-refractivity contribution in [2.24, 2.45) is 0 Å². The fourth-order valence-corrected chi connectivity index (χ4v) is 4.08. The quantitative estimate of drug-likeness (QED) is 0.255. The molecule has 0 unspecified atom stereocenters. The standard InChI is InChI=1S/C22H23BrN2O4/c1-3-4-5-6-20-21(23)22(26)18-13-16(25(27)28)9-12-19(18)24(20)14-15-7-10-17(29-2)11-8-15/h7-13H,3-6,14H2,1-2H3. The zero-order valence-electron chi connectivity index (χ0n) is 16.5. The van der Waals surface area contributed by atoms with E-state index in [9.17, 15) is 14.9 Å². The molecular weight excluding hydrogens is 436 g/mol. The smallest absolute Gasteiger partial charge is 0.270 e. The third-order valence-corrected chi connectivity index (χ3v) is 5.84. The molecular formula is C22H23BrN2O4. The van der Waals surface area contributed by atoms with Crippen molar-refractivity contribution in [2.45, 2.75) is 39.2 Å². The fraction of sp³-hybridized carbons (Fsp3) is 0.318. The van der Waals surface area contributed by atoms with E-state index in [1.165, 1.54) is 12.1 Å². The zero-order valence-corrected chi connectivity index (χ0v) is 18.1. The molecule has 3 rings (SSSR count). The molecule has 0 aliphatic heterocycles. The van der Waals surface area contributed by atoms with Gasteiger partial charge in [0.2, 0.25) is 5.43 Å². The molecule has 0 saturated carbocycles. The number of halogens is 1. The van der Waals surface area contributed by atoms with E-state index in [4.69, 9.17) is 4.74 Å². The first-order valence-corrected chi connectivity index (χ1v) is 10.4. The molecule has 1 heterocycles. The van der Waals surface area contributed by atoms with Gasteiger partial charge >= 0.3 is 0 Å². The Bertz CT molecular complexity index is 1090. The fourth-order valence-electron chi connectivity index (χ4n) is 3.45. The third kappa shape index (κ3) is 4.50. The first kappa shape index (κ1) is 21.0. The lowest BCUT2D eigenvalue weighted by Gasteiger charge is -2.19. The Morgan fingerprint density at radius 1 is 1.14 bits per heavy atom. The SMILES string of the molecule is CCCCCc1c(Br)c(=O)c2cc([N+](=O)[O-])ccc2n1Cc1ccc(OC)cc1. The number of aromatic nitrogens is 1. The van der Waals surface area contributed by atoms with Crippen molar-refractivity contribution in [1.82, 2.24) is 4.57 Å². The normalized spacial score (nSPS) is 11.0. The van der Waals surface area contributed by atoms with Gasteiger partial charge in [-0.3, -0.25) is 14.9 Å². The number of nitro groups is 1. The maximum Gasteiger partial charge on any atom is 0.270 e. The van der Waals surface area contributed by atoms with Crippen molar-refractivity contribution < 1.29 is 9.66 Å². The van der Waals surface area contributed by atoms with Crippen LogP contribution in [-0.4, -0.2) is 16.6 Å². The van der Waals surface area contributed by atoms with E-state index in [1.54, 1.807) is 13.2 Å². The third-order valence-electron chi connectivity index (χ3n) is 5.02. The number of hydrogen-bond acceptors (Lipinski definition) is 4. The molecule has 0 spiro atoms. The summed E-state index contributed by atoms with van der Waals surface area (Å²) in [6.45, 7) is 2.69. The molecule has 3 aromatic rings. The Kier molecular flexibility index (Phi) is 6.69. The number of pyridine rings is 1. The average Bonchev–Trinajstić information content (AvgIpc) is 2.74. The van der Waals surface area contributed by atoms with Crippen LogP contribution in [0.1, 0.15) is 37.4 Å². The van der Waals surface area contributed by atoms with Gasteiger partial charge in [-0.1, -0.05) is 31.9 Å². The number of benzene rings is 2. The number of nitro benzene ring substituents is 1. The zero-order chi connectivity index (χ0) is 21.0. The van der Waals surface area contributed by atoms with Gasteiger partial charge in [-0.15, -0.1) is 0 Å². The molecule has 0 aliphatic carbocycles. The Balaban J connectivity index is 2.18. The van der Waals surface area contributed by atoms with E-state index >= 15 is 0 Å². The van der Waals surface area contributed by atoms with E-state index in [2.05, 4.69) is 27.4 Å². The van der Waals surface area contributed by atoms with Gasteiger partial charge in [-0.05, 0) is 52.5 Å². The van der Waals surface area contributed by atoms with E-state index in [1.807, 2.05) is 24.3 Å². The molecule has 7 heteroatoms. The Morgan fingerprint density at radius 2 is 1.86 bits per heavy atom. The monoisotopic (exact) mass is 458 g/mol. The summed E-state index contributed by atoms with van der Waals surface area (Å²) < 4.78 is 7.80. The number of unbranched alkanes of at least 4 members (excludes halogenated alkanes) is 2. The van der Waals surface area contributed by atoms with Gasteiger partial charge in [0.15, 0.2) is 0 Å². The lowest BCUT2D eigenvalue weighted by Crippen LogP contribution is -2.18. The molecule has 2 aromatic carbocycles. The summed E-state index contributed by atoms with van der Waals surface area (Å²) in [5.74, 6) is 0.776. The maximum absolute atomic E-state index is 12.9. The number of methoxy groups -OCH3 is 1. The summed E-state index contributed by atoms with van der Waals surface area (Å²) in [5.41, 5.74) is 2.38. The van der Waals surface area contributed by atoms with Gasteiger partial charge in [0.25, 0.3) is 5.69 Å². The van der Waals surface area contributed by atoms with Crippen LogP contribution in [-0.2, 0) is 13.0 Å². The maximum atomic E-state index is 12.9. The van der Waals surface area contributed by atoms with Gasteiger partial charge in [0, 0.05) is 24.4 Å². The van der Waals surface area contributed by atoms with Crippen molar-refractivity contribution in [2.75, 3.05) is 7.11 Å². The van der Waals surface area contributed by atoms with E-state index < -0.39 is 4.92 Å². The van der Waals surface area contributed by atoms with Crippen molar-refractivity contribution in [1.29, 1.82) is 0 Å². The van der Waals surface area contributed by atoms with Crippen molar-refractivity contribution >= 4 is 32.5 Å². The molecule has 29 heavy (non-hydrogen) atoms. The number of ether oxygens (including phenoxy) is 1. The van der Waals surface area contributed by atoms with Crippen molar-refractivity contribution in [3.63, 3.8) is 0 Å². The van der Waals surface area contributed by atoms with Gasteiger partial charge < -0.3 is 9.30 Å². The molecule has 1 aromatic heterocycles. The van der Waals surface area contributed by atoms with Crippen LogP contribution in [0.5, 0.6) is 5.75 Å². The Morgan fingerprint density at radius 3 is 2.48 bits per heavy atom. The van der Waals surface area contributed by atoms with Crippen LogP contribution in [0, 0.1) is 10.1 Å². The van der Waals surface area contributed by atoms with Gasteiger partial charge in [-0.2, -0.15) is 0 Å². The van der Waals surface area contributed by atoms with Crippen LogP contribution in [0.15, 0.2) is 51.7 Å². The van der Waals surface area contributed by atoms with Crippen LogP contribution >= 0.6 is 15.9 Å². The lowest BCUT2D eigenvalue weighted by molar-refractivity contribution is -0.384. The molecule has 6 nitrogen and oxygen atoms in total. The minimum Gasteiger partial charge on any atom is -0.497 e. The van der Waals surface area contributed by atoms with E-state index in [0.29, 0.717) is 21.9 Å². The second kappa shape index (κ2) is 9.22. The highest BCUT2D eigenvalue weighted by molar-refractivity contribution is 9.10. The summed E-state index contributed by atoms with van der Waals surface area (Å²) in [5, 5.41) is 11.5. The average molecular weight is 459 g/mol.